The van der Waals surface area contributed by atoms with Gasteiger partial charge in [0.25, 0.3) is 0 Å². The molecule has 0 amide bonds. The number of hydrogen-bond acceptors (Lipinski definition) is 4. The Hall–Kier alpha value is -3.34. The van der Waals surface area contributed by atoms with Crippen LogP contribution in [0.4, 0.5) is 0 Å². The first kappa shape index (κ1) is 25.0. The third-order valence-corrected chi connectivity index (χ3v) is 8.40. The monoisotopic (exact) mass is 502 g/mol. The number of rotatable bonds is 10. The molecule has 0 saturated carbocycles. The van der Waals surface area contributed by atoms with Gasteiger partial charge in [-0.3, -0.25) is 14.9 Å². The predicted molar refractivity (Wildman–Crippen MR) is 155 cm³/mol. The molecule has 4 nitrogen and oxygen atoms in total. The Morgan fingerprint density at radius 2 is 1.71 bits per heavy atom. The maximum absolute atomic E-state index is 4.95. The van der Waals surface area contributed by atoms with Crippen molar-refractivity contribution in [3.8, 4) is 11.1 Å². The fourth-order valence-corrected chi connectivity index (χ4v) is 6.35. The Morgan fingerprint density at radius 1 is 0.868 bits per heavy atom. The molecule has 194 valence electrons. The Kier molecular flexibility index (Phi) is 7.61. The standard InChI is InChI=1S/C34H38N4/c1-25(26-11-3-2-4-12-26)35-19-7-8-22-38(33-17-9-14-27-15-10-20-37-34(27)33)24-32-31-23-28-13-5-6-16-29(28)30(31)18-21-36-32/h2-6,10-13,15-16,18,20-21,25,33,35H,7-9,14,17,19,22-24H2,1H3. The van der Waals surface area contributed by atoms with Gasteiger partial charge in [-0.1, -0.05) is 60.7 Å². The number of aryl methyl sites for hydroxylation is 1. The lowest BCUT2D eigenvalue weighted by Crippen LogP contribution is -2.33. The van der Waals surface area contributed by atoms with Crippen LogP contribution in [-0.2, 0) is 19.4 Å². The van der Waals surface area contributed by atoms with Gasteiger partial charge >= 0.3 is 0 Å². The number of fused-ring (bicyclic) bond motifs is 4. The summed E-state index contributed by atoms with van der Waals surface area (Å²) in [7, 11) is 0. The summed E-state index contributed by atoms with van der Waals surface area (Å²) in [5, 5.41) is 3.72. The van der Waals surface area contributed by atoms with Crippen molar-refractivity contribution in [2.45, 2.75) is 64.1 Å². The number of hydrogen-bond donors (Lipinski definition) is 1. The maximum atomic E-state index is 4.95. The molecule has 0 fully saturated rings. The molecule has 2 atom stereocenters. The van der Waals surface area contributed by atoms with Crippen LogP contribution in [0.25, 0.3) is 11.1 Å². The van der Waals surface area contributed by atoms with Gasteiger partial charge in [0, 0.05) is 31.4 Å². The van der Waals surface area contributed by atoms with E-state index in [2.05, 4.69) is 89.9 Å². The van der Waals surface area contributed by atoms with E-state index < -0.39 is 0 Å². The van der Waals surface area contributed by atoms with Gasteiger partial charge in [-0.25, -0.2) is 0 Å². The van der Waals surface area contributed by atoms with E-state index in [9.17, 15) is 0 Å². The summed E-state index contributed by atoms with van der Waals surface area (Å²) in [5.74, 6) is 0. The second-order valence-electron chi connectivity index (χ2n) is 10.8. The van der Waals surface area contributed by atoms with Crippen molar-refractivity contribution in [3.63, 3.8) is 0 Å². The molecule has 0 spiro atoms. The largest absolute Gasteiger partial charge is 0.310 e. The van der Waals surface area contributed by atoms with Gasteiger partial charge in [-0.2, -0.15) is 0 Å². The van der Waals surface area contributed by atoms with Crippen LogP contribution in [0.5, 0.6) is 0 Å². The van der Waals surface area contributed by atoms with E-state index in [0.717, 1.165) is 45.3 Å². The number of nitrogens with one attached hydrogen (secondary N) is 1. The van der Waals surface area contributed by atoms with Crippen molar-refractivity contribution < 1.29 is 0 Å². The minimum atomic E-state index is 0.359. The number of pyridine rings is 2. The molecule has 2 unspecified atom stereocenters. The first-order valence-electron chi connectivity index (χ1n) is 14.3. The molecule has 38 heavy (non-hydrogen) atoms. The molecular weight excluding hydrogens is 464 g/mol. The molecule has 2 aliphatic rings. The summed E-state index contributed by atoms with van der Waals surface area (Å²) in [6.07, 6.45) is 10.8. The number of nitrogens with zero attached hydrogens (tertiary/aromatic N) is 3. The Morgan fingerprint density at radius 3 is 2.63 bits per heavy atom. The second-order valence-corrected chi connectivity index (χ2v) is 10.8. The lowest BCUT2D eigenvalue weighted by Gasteiger charge is -2.35. The van der Waals surface area contributed by atoms with Crippen molar-refractivity contribution in [1.82, 2.24) is 20.2 Å². The average molecular weight is 503 g/mol. The number of benzene rings is 2. The third-order valence-electron chi connectivity index (χ3n) is 8.40. The zero-order valence-corrected chi connectivity index (χ0v) is 22.4. The van der Waals surface area contributed by atoms with Crippen LogP contribution in [0.2, 0.25) is 0 Å². The molecular formula is C34H38N4. The van der Waals surface area contributed by atoms with Gasteiger partial charge in [-0.05, 0) is 97.6 Å². The molecule has 2 aliphatic carbocycles. The molecule has 4 heteroatoms. The molecule has 0 aliphatic heterocycles. The summed E-state index contributed by atoms with van der Waals surface area (Å²) < 4.78 is 0. The Labute approximate surface area is 227 Å². The fraction of sp³-hybridized carbons (Fsp3) is 0.353. The molecule has 2 aromatic carbocycles. The van der Waals surface area contributed by atoms with Crippen molar-refractivity contribution in [1.29, 1.82) is 0 Å². The van der Waals surface area contributed by atoms with E-state index in [-0.39, 0.29) is 0 Å². The van der Waals surface area contributed by atoms with Gasteiger partial charge in [-0.15, -0.1) is 0 Å². The van der Waals surface area contributed by atoms with Crippen LogP contribution in [0.3, 0.4) is 0 Å². The smallest absolute Gasteiger partial charge is 0.0607 e. The maximum Gasteiger partial charge on any atom is 0.0607 e. The summed E-state index contributed by atoms with van der Waals surface area (Å²) in [5.41, 5.74) is 10.9. The predicted octanol–water partition coefficient (Wildman–Crippen LogP) is 7.06. The van der Waals surface area contributed by atoms with Gasteiger partial charge in [0.2, 0.25) is 0 Å². The lowest BCUT2D eigenvalue weighted by atomic mass is 9.90. The summed E-state index contributed by atoms with van der Waals surface area (Å²) >= 11 is 0. The Balaban J connectivity index is 1.17. The molecule has 1 N–H and O–H groups in total. The van der Waals surface area contributed by atoms with Crippen LogP contribution < -0.4 is 5.32 Å². The first-order valence-corrected chi connectivity index (χ1v) is 14.3. The molecule has 6 rings (SSSR count). The van der Waals surface area contributed by atoms with E-state index in [0.29, 0.717) is 12.1 Å². The normalized spacial score (nSPS) is 16.6. The molecule has 0 radical (unpaired) electrons. The zero-order valence-electron chi connectivity index (χ0n) is 22.4. The summed E-state index contributed by atoms with van der Waals surface area (Å²) in [6.45, 7) is 5.22. The SMILES string of the molecule is CC(NCCCCN(Cc1nccc2c1Cc1ccccc1-2)C1CCCc2cccnc21)c1ccccc1. The highest BCUT2D eigenvalue weighted by atomic mass is 15.2. The van der Waals surface area contributed by atoms with Crippen molar-refractivity contribution in [3.05, 3.63) is 119 Å². The van der Waals surface area contributed by atoms with E-state index in [1.807, 2.05) is 12.4 Å². The fourth-order valence-electron chi connectivity index (χ4n) is 6.35. The topological polar surface area (TPSA) is 41.0 Å². The quantitative estimate of drug-likeness (QED) is 0.208. The van der Waals surface area contributed by atoms with E-state index in [1.165, 1.54) is 57.6 Å². The van der Waals surface area contributed by atoms with E-state index in [1.54, 1.807) is 0 Å². The van der Waals surface area contributed by atoms with Gasteiger partial charge in [0.1, 0.15) is 0 Å². The summed E-state index contributed by atoms with van der Waals surface area (Å²) in [6, 6.07) is 26.9. The van der Waals surface area contributed by atoms with Crippen molar-refractivity contribution in [2.24, 2.45) is 0 Å². The van der Waals surface area contributed by atoms with Crippen molar-refractivity contribution in [2.75, 3.05) is 13.1 Å². The van der Waals surface area contributed by atoms with E-state index in [4.69, 9.17) is 9.97 Å². The molecule has 2 heterocycles. The molecule has 0 saturated heterocycles. The second kappa shape index (κ2) is 11.6. The number of unbranched alkanes of at least 4 members (excludes halogenated alkanes) is 1. The highest BCUT2D eigenvalue weighted by Gasteiger charge is 2.29. The van der Waals surface area contributed by atoms with Gasteiger partial charge in [0.15, 0.2) is 0 Å². The van der Waals surface area contributed by atoms with Gasteiger partial charge in [0.05, 0.1) is 17.4 Å². The van der Waals surface area contributed by atoms with Crippen LogP contribution in [0.1, 0.15) is 78.3 Å². The van der Waals surface area contributed by atoms with E-state index >= 15 is 0 Å². The molecule has 2 aromatic heterocycles. The Bertz CT molecular complexity index is 1370. The highest BCUT2D eigenvalue weighted by Crippen LogP contribution is 2.39. The van der Waals surface area contributed by atoms with Crippen LogP contribution >= 0.6 is 0 Å². The minimum Gasteiger partial charge on any atom is -0.310 e. The zero-order chi connectivity index (χ0) is 25.7. The third kappa shape index (κ3) is 5.29. The summed E-state index contributed by atoms with van der Waals surface area (Å²) in [4.78, 5) is 12.5. The molecule has 0 bridgehead atoms. The molecule has 4 aromatic rings. The average Bonchev–Trinajstić information content (AvgIpc) is 3.36. The van der Waals surface area contributed by atoms with Crippen LogP contribution in [0.15, 0.2) is 85.2 Å². The van der Waals surface area contributed by atoms with Crippen molar-refractivity contribution >= 4 is 0 Å². The minimum absolute atomic E-state index is 0.359. The first-order chi connectivity index (χ1) is 18.8. The number of aromatic nitrogens is 2. The van der Waals surface area contributed by atoms with Crippen LogP contribution in [-0.4, -0.2) is 28.0 Å². The van der Waals surface area contributed by atoms with Crippen LogP contribution in [0, 0.1) is 0 Å². The highest BCUT2D eigenvalue weighted by molar-refractivity contribution is 5.77. The van der Waals surface area contributed by atoms with Gasteiger partial charge < -0.3 is 5.32 Å². The lowest BCUT2D eigenvalue weighted by molar-refractivity contribution is 0.160.